The van der Waals surface area contributed by atoms with Crippen LogP contribution in [0.2, 0.25) is 0 Å². The molecule has 0 bridgehead atoms. The van der Waals surface area contributed by atoms with E-state index >= 15 is 0 Å². The minimum atomic E-state index is -3.54. The highest BCUT2D eigenvalue weighted by Crippen LogP contribution is 2.19. The summed E-state index contributed by atoms with van der Waals surface area (Å²) in [4.78, 5) is 26.1. The summed E-state index contributed by atoms with van der Waals surface area (Å²) >= 11 is 0. The molecule has 1 N–H and O–H groups in total. The fourth-order valence-electron chi connectivity index (χ4n) is 3.31. The lowest BCUT2D eigenvalue weighted by molar-refractivity contribution is -0.130. The van der Waals surface area contributed by atoms with E-state index in [1.54, 1.807) is 53.4 Å². The van der Waals surface area contributed by atoms with Gasteiger partial charge in [0, 0.05) is 31.9 Å². The van der Waals surface area contributed by atoms with Crippen LogP contribution in [0.25, 0.3) is 0 Å². The summed E-state index contributed by atoms with van der Waals surface area (Å²) in [5.41, 5.74) is 2.02. The number of methoxy groups -OCH3 is 1. The molecule has 1 fully saturated rings. The molecule has 0 spiro atoms. The lowest BCUT2D eigenvalue weighted by Gasteiger charge is -2.34. The van der Waals surface area contributed by atoms with Crippen molar-refractivity contribution in [1.82, 2.24) is 9.21 Å². The number of sulfonamides is 1. The van der Waals surface area contributed by atoms with Gasteiger partial charge in [-0.2, -0.15) is 4.31 Å². The Morgan fingerprint density at radius 2 is 1.70 bits per heavy atom. The molecule has 9 heteroatoms. The Hall–Kier alpha value is -2.91. The molecule has 1 aliphatic heterocycles. The molecule has 8 nitrogen and oxygen atoms in total. The second-order valence-electron chi connectivity index (χ2n) is 6.97. The number of benzene rings is 2. The number of esters is 1. The molecule has 2 aromatic rings. The third kappa shape index (κ3) is 4.80. The Bertz CT molecular complexity index is 1020. The monoisotopic (exact) mass is 431 g/mol. The van der Waals surface area contributed by atoms with Crippen LogP contribution in [-0.4, -0.2) is 69.3 Å². The van der Waals surface area contributed by atoms with Crippen LogP contribution < -0.4 is 5.32 Å². The van der Waals surface area contributed by atoms with Gasteiger partial charge < -0.3 is 15.0 Å². The number of carbonyl (C=O) groups is 2. The van der Waals surface area contributed by atoms with Crippen LogP contribution in [-0.2, 0) is 19.6 Å². The fourth-order valence-corrected chi connectivity index (χ4v) is 4.75. The first-order valence-electron chi connectivity index (χ1n) is 9.58. The quantitative estimate of drug-likeness (QED) is 0.700. The van der Waals surface area contributed by atoms with Gasteiger partial charge in [0.2, 0.25) is 15.9 Å². The van der Waals surface area contributed by atoms with E-state index in [4.69, 9.17) is 4.74 Å². The van der Waals surface area contributed by atoms with Crippen molar-refractivity contribution >= 4 is 27.6 Å². The lowest BCUT2D eigenvalue weighted by atomic mass is 10.1. The molecule has 0 aromatic heterocycles. The highest BCUT2D eigenvalue weighted by atomic mass is 32.2. The Morgan fingerprint density at radius 1 is 1.03 bits per heavy atom. The summed E-state index contributed by atoms with van der Waals surface area (Å²) in [6.45, 7) is 3.13. The van der Waals surface area contributed by atoms with E-state index in [9.17, 15) is 18.0 Å². The van der Waals surface area contributed by atoms with Crippen molar-refractivity contribution < 1.29 is 22.7 Å². The standard InChI is InChI=1S/C21H25N3O5S/c1-16-14-17(21(26)29-2)8-9-19(16)22-15-20(25)23-10-12-24(13-11-23)30(27,28)18-6-4-3-5-7-18/h3-9,14,22H,10-13,15H2,1-2H3. The fraction of sp³-hybridized carbons (Fsp3) is 0.333. The van der Waals surface area contributed by atoms with Gasteiger partial charge >= 0.3 is 5.97 Å². The average Bonchev–Trinajstić information content (AvgIpc) is 2.78. The lowest BCUT2D eigenvalue weighted by Crippen LogP contribution is -2.51. The molecule has 0 aliphatic carbocycles. The number of aryl methyl sites for hydroxylation is 1. The predicted molar refractivity (Wildman–Crippen MR) is 113 cm³/mol. The minimum absolute atomic E-state index is 0.0871. The van der Waals surface area contributed by atoms with Crippen molar-refractivity contribution in [3.8, 4) is 0 Å². The van der Waals surface area contributed by atoms with E-state index in [1.165, 1.54) is 11.4 Å². The largest absolute Gasteiger partial charge is 0.465 e. The van der Waals surface area contributed by atoms with Crippen molar-refractivity contribution in [2.24, 2.45) is 0 Å². The third-order valence-corrected chi connectivity index (χ3v) is 6.96. The Morgan fingerprint density at radius 3 is 2.30 bits per heavy atom. The summed E-state index contributed by atoms with van der Waals surface area (Å²) in [5, 5.41) is 3.09. The van der Waals surface area contributed by atoms with E-state index in [0.717, 1.165) is 11.3 Å². The molecule has 1 amide bonds. The van der Waals surface area contributed by atoms with Crippen molar-refractivity contribution in [2.45, 2.75) is 11.8 Å². The topological polar surface area (TPSA) is 96.0 Å². The minimum Gasteiger partial charge on any atom is -0.465 e. The maximum atomic E-state index is 12.7. The van der Waals surface area contributed by atoms with E-state index in [1.807, 2.05) is 6.92 Å². The van der Waals surface area contributed by atoms with Crippen molar-refractivity contribution in [3.05, 3.63) is 59.7 Å². The van der Waals surface area contributed by atoms with E-state index < -0.39 is 16.0 Å². The predicted octanol–water partition coefficient (Wildman–Crippen LogP) is 1.73. The molecule has 2 aromatic carbocycles. The smallest absolute Gasteiger partial charge is 0.337 e. The maximum absolute atomic E-state index is 12.7. The number of nitrogens with zero attached hydrogens (tertiary/aromatic N) is 2. The normalized spacial score (nSPS) is 14.9. The second-order valence-corrected chi connectivity index (χ2v) is 8.91. The molecule has 0 unspecified atom stereocenters. The number of hydrogen-bond donors (Lipinski definition) is 1. The maximum Gasteiger partial charge on any atom is 0.337 e. The zero-order valence-electron chi connectivity index (χ0n) is 17.0. The molecular weight excluding hydrogens is 406 g/mol. The Labute approximate surface area is 176 Å². The number of ether oxygens (including phenoxy) is 1. The van der Waals surface area contributed by atoms with Crippen molar-refractivity contribution in [2.75, 3.05) is 45.2 Å². The molecule has 0 atom stereocenters. The van der Waals surface area contributed by atoms with Crippen LogP contribution >= 0.6 is 0 Å². The first-order valence-corrected chi connectivity index (χ1v) is 11.0. The van der Waals surface area contributed by atoms with Gasteiger partial charge in [-0.05, 0) is 42.8 Å². The zero-order chi connectivity index (χ0) is 21.7. The van der Waals surface area contributed by atoms with Gasteiger partial charge in [0.05, 0.1) is 24.1 Å². The van der Waals surface area contributed by atoms with Crippen LogP contribution in [0.15, 0.2) is 53.4 Å². The summed E-state index contributed by atoms with van der Waals surface area (Å²) < 4.78 is 31.5. The molecule has 1 heterocycles. The zero-order valence-corrected chi connectivity index (χ0v) is 17.8. The van der Waals surface area contributed by atoms with Gasteiger partial charge in [0.25, 0.3) is 0 Å². The summed E-state index contributed by atoms with van der Waals surface area (Å²) in [6, 6.07) is 13.4. The van der Waals surface area contributed by atoms with Crippen LogP contribution in [0.5, 0.6) is 0 Å². The average molecular weight is 432 g/mol. The number of carbonyl (C=O) groups excluding carboxylic acids is 2. The van der Waals surface area contributed by atoms with E-state index in [-0.39, 0.29) is 30.4 Å². The summed E-state index contributed by atoms with van der Waals surface area (Å²) in [5.74, 6) is -0.521. The number of nitrogens with one attached hydrogen (secondary N) is 1. The molecule has 30 heavy (non-hydrogen) atoms. The number of hydrogen-bond acceptors (Lipinski definition) is 6. The van der Waals surface area contributed by atoms with Gasteiger partial charge in [-0.1, -0.05) is 18.2 Å². The van der Waals surface area contributed by atoms with E-state index in [2.05, 4.69) is 5.32 Å². The molecule has 0 radical (unpaired) electrons. The Balaban J connectivity index is 1.54. The van der Waals surface area contributed by atoms with Crippen molar-refractivity contribution in [3.63, 3.8) is 0 Å². The van der Waals surface area contributed by atoms with Crippen LogP contribution in [0, 0.1) is 6.92 Å². The Kier molecular flexibility index (Phi) is 6.73. The molecule has 3 rings (SSSR count). The molecule has 1 aliphatic rings. The number of piperazine rings is 1. The second kappa shape index (κ2) is 9.27. The van der Waals surface area contributed by atoms with Gasteiger partial charge in [-0.3, -0.25) is 4.79 Å². The summed E-state index contributed by atoms with van der Waals surface area (Å²) in [6.07, 6.45) is 0. The first-order chi connectivity index (χ1) is 14.3. The highest BCUT2D eigenvalue weighted by molar-refractivity contribution is 7.89. The number of rotatable bonds is 6. The highest BCUT2D eigenvalue weighted by Gasteiger charge is 2.29. The molecule has 1 saturated heterocycles. The first kappa shape index (κ1) is 21.8. The molecule has 160 valence electrons. The SMILES string of the molecule is COC(=O)c1ccc(NCC(=O)N2CCN(S(=O)(=O)c3ccccc3)CC2)c(C)c1. The van der Waals surface area contributed by atoms with Crippen LogP contribution in [0.3, 0.4) is 0 Å². The van der Waals surface area contributed by atoms with E-state index in [0.29, 0.717) is 18.7 Å². The molecule has 0 saturated carbocycles. The number of amides is 1. The van der Waals surface area contributed by atoms with Crippen molar-refractivity contribution in [1.29, 1.82) is 0 Å². The third-order valence-electron chi connectivity index (χ3n) is 5.05. The van der Waals surface area contributed by atoms with Gasteiger partial charge in [-0.25, -0.2) is 13.2 Å². The van der Waals surface area contributed by atoms with Gasteiger partial charge in [-0.15, -0.1) is 0 Å². The van der Waals surface area contributed by atoms with Crippen LogP contribution in [0.4, 0.5) is 5.69 Å². The number of anilines is 1. The van der Waals surface area contributed by atoms with Crippen LogP contribution in [0.1, 0.15) is 15.9 Å². The van der Waals surface area contributed by atoms with Gasteiger partial charge in [0.1, 0.15) is 0 Å². The van der Waals surface area contributed by atoms with Gasteiger partial charge in [0.15, 0.2) is 0 Å². The summed E-state index contributed by atoms with van der Waals surface area (Å²) in [7, 11) is -2.22. The molecular formula is C21H25N3O5S.